The van der Waals surface area contributed by atoms with E-state index in [0.717, 1.165) is 11.3 Å². The predicted octanol–water partition coefficient (Wildman–Crippen LogP) is 2.73. The number of hydrogen-bond donors (Lipinski definition) is 2. The first-order valence-corrected chi connectivity index (χ1v) is 11.1. The number of nitrogens with zero attached hydrogens (tertiary/aromatic N) is 7. The number of aliphatic hydroxyl groups excluding tert-OH is 1. The van der Waals surface area contributed by atoms with Crippen LogP contribution in [-0.4, -0.2) is 58.7 Å². The Bertz CT molecular complexity index is 1600. The number of benzene rings is 1. The van der Waals surface area contributed by atoms with Crippen molar-refractivity contribution < 1.29 is 24.0 Å². The van der Waals surface area contributed by atoms with Gasteiger partial charge in [-0.25, -0.2) is 13.8 Å². The molecule has 0 bridgehead atoms. The van der Waals surface area contributed by atoms with Crippen LogP contribution < -0.4 is 10.1 Å². The zero-order chi connectivity index (χ0) is 25.2. The summed E-state index contributed by atoms with van der Waals surface area (Å²) in [7, 11) is 0. The number of amides is 1. The van der Waals surface area contributed by atoms with E-state index in [-0.39, 0.29) is 46.4 Å². The summed E-state index contributed by atoms with van der Waals surface area (Å²) in [4.78, 5) is 32.3. The Hall–Kier alpha value is -4.76. The number of thiophene rings is 1. The van der Waals surface area contributed by atoms with Crippen LogP contribution in [0.25, 0.3) is 22.7 Å². The number of ether oxygens (including phenoxy) is 1. The molecule has 0 aliphatic carbocycles. The minimum absolute atomic E-state index is 0.0342. The van der Waals surface area contributed by atoms with Crippen LogP contribution in [0.4, 0.5) is 15.2 Å². The highest BCUT2D eigenvalue weighted by Gasteiger charge is 2.20. The lowest BCUT2D eigenvalue weighted by Crippen LogP contribution is -2.14. The van der Waals surface area contributed by atoms with E-state index >= 15 is 0 Å². The number of nitro groups is 1. The van der Waals surface area contributed by atoms with E-state index in [2.05, 4.69) is 25.5 Å². The van der Waals surface area contributed by atoms with E-state index in [1.165, 1.54) is 58.2 Å². The largest absolute Gasteiger partial charge is 0.474 e. The Balaban J connectivity index is 1.60. The molecule has 0 radical (unpaired) electrons. The molecule has 0 aliphatic rings. The Morgan fingerprint density at radius 1 is 1.25 bits per heavy atom. The molecule has 0 fully saturated rings. The van der Waals surface area contributed by atoms with Crippen molar-refractivity contribution in [2.24, 2.45) is 0 Å². The van der Waals surface area contributed by atoms with Gasteiger partial charge >= 0.3 is 5.00 Å². The molecule has 5 rings (SSSR count). The molecule has 2 N–H and O–H groups in total. The number of carbonyl (C=O) groups excluding carboxylic acids is 1. The van der Waals surface area contributed by atoms with Crippen LogP contribution >= 0.6 is 11.3 Å². The molecule has 0 spiro atoms. The molecule has 0 aliphatic heterocycles. The Morgan fingerprint density at radius 2 is 2.11 bits per heavy atom. The highest BCUT2D eigenvalue weighted by atomic mass is 32.1. The molecule has 0 saturated heterocycles. The first-order valence-electron chi connectivity index (χ1n) is 10.3. The molecule has 182 valence electrons. The highest BCUT2D eigenvalue weighted by Crippen LogP contribution is 2.28. The van der Waals surface area contributed by atoms with Crippen molar-refractivity contribution in [3.63, 3.8) is 0 Å². The number of aromatic nitrogens is 6. The molecule has 0 atom stereocenters. The van der Waals surface area contributed by atoms with Gasteiger partial charge in [0.05, 0.1) is 33.7 Å². The maximum absolute atomic E-state index is 13.9. The maximum Gasteiger partial charge on any atom is 0.324 e. The van der Waals surface area contributed by atoms with Crippen molar-refractivity contribution in [1.82, 2.24) is 29.5 Å². The quantitative estimate of drug-likeness (QED) is 0.236. The van der Waals surface area contributed by atoms with Gasteiger partial charge in [-0.05, 0) is 24.3 Å². The lowest BCUT2D eigenvalue weighted by Gasteiger charge is -2.09. The molecular weight excluding hydrogens is 495 g/mol. The summed E-state index contributed by atoms with van der Waals surface area (Å²) in [6.07, 6.45) is 2.93. The number of fused-ring (bicyclic) bond motifs is 1. The molecular formula is C21H15FN8O5S. The summed E-state index contributed by atoms with van der Waals surface area (Å²) in [5.41, 5.74) is 0.625. The second-order valence-electron chi connectivity index (χ2n) is 7.17. The molecule has 0 unspecified atom stereocenters. The summed E-state index contributed by atoms with van der Waals surface area (Å²) >= 11 is 0.717. The number of rotatable bonds is 8. The van der Waals surface area contributed by atoms with Gasteiger partial charge in [-0.15, -0.1) is 5.10 Å². The van der Waals surface area contributed by atoms with E-state index in [9.17, 15) is 19.3 Å². The lowest BCUT2D eigenvalue weighted by molar-refractivity contribution is -0.380. The van der Waals surface area contributed by atoms with Gasteiger partial charge in [-0.3, -0.25) is 14.9 Å². The smallest absolute Gasteiger partial charge is 0.324 e. The van der Waals surface area contributed by atoms with Gasteiger partial charge < -0.3 is 15.2 Å². The van der Waals surface area contributed by atoms with Gasteiger partial charge in [0.15, 0.2) is 5.65 Å². The van der Waals surface area contributed by atoms with Gasteiger partial charge in [0.2, 0.25) is 5.88 Å². The highest BCUT2D eigenvalue weighted by molar-refractivity contribution is 7.17. The molecule has 5 aromatic rings. The minimum Gasteiger partial charge on any atom is -0.474 e. The van der Waals surface area contributed by atoms with E-state index in [1.54, 1.807) is 6.07 Å². The van der Waals surface area contributed by atoms with Crippen molar-refractivity contribution in [2.45, 2.75) is 0 Å². The normalized spacial score (nSPS) is 11.1. The summed E-state index contributed by atoms with van der Waals surface area (Å²) in [6.45, 7) is -0.156. The Kier molecular flexibility index (Phi) is 6.05. The third-order valence-electron chi connectivity index (χ3n) is 4.81. The van der Waals surface area contributed by atoms with E-state index in [0.29, 0.717) is 11.1 Å². The zero-order valence-corrected chi connectivity index (χ0v) is 18.9. The van der Waals surface area contributed by atoms with Crippen LogP contribution in [0, 0.1) is 15.9 Å². The molecule has 13 nitrogen and oxygen atoms in total. The molecule has 0 saturated carbocycles. The van der Waals surface area contributed by atoms with Crippen molar-refractivity contribution in [1.29, 1.82) is 0 Å². The monoisotopic (exact) mass is 510 g/mol. The summed E-state index contributed by atoms with van der Waals surface area (Å²) in [6, 6.07) is 9.83. The van der Waals surface area contributed by atoms with E-state index in [4.69, 9.17) is 9.84 Å². The number of carbonyl (C=O) groups is 1. The fraction of sp³-hybridized carbons (Fsp3) is 0.0952. The van der Waals surface area contributed by atoms with Crippen LogP contribution in [0.3, 0.4) is 0 Å². The molecule has 1 amide bonds. The summed E-state index contributed by atoms with van der Waals surface area (Å²) in [5, 5.41) is 31.2. The molecule has 1 aromatic carbocycles. The van der Waals surface area contributed by atoms with E-state index in [1.807, 2.05) is 0 Å². The molecule has 4 aromatic heterocycles. The molecule has 36 heavy (non-hydrogen) atoms. The van der Waals surface area contributed by atoms with Gasteiger partial charge in [0.25, 0.3) is 11.9 Å². The van der Waals surface area contributed by atoms with Crippen LogP contribution in [0.2, 0.25) is 0 Å². The fourth-order valence-electron chi connectivity index (χ4n) is 3.25. The number of aliphatic hydroxyl groups is 1. The number of hydrogen-bond acceptors (Lipinski definition) is 10. The van der Waals surface area contributed by atoms with Crippen molar-refractivity contribution in [3.05, 3.63) is 75.7 Å². The van der Waals surface area contributed by atoms with Gasteiger partial charge in [0.1, 0.15) is 18.2 Å². The van der Waals surface area contributed by atoms with E-state index < -0.39 is 16.6 Å². The summed E-state index contributed by atoms with van der Waals surface area (Å²) in [5.74, 6) is -0.789. The molecule has 4 heterocycles. The Labute approximate surface area is 204 Å². The number of anilines is 1. The van der Waals surface area contributed by atoms with Crippen molar-refractivity contribution in [2.75, 3.05) is 18.5 Å². The van der Waals surface area contributed by atoms with Gasteiger partial charge in [0, 0.05) is 18.3 Å². The van der Waals surface area contributed by atoms with Crippen LogP contribution in [-0.2, 0) is 0 Å². The predicted molar refractivity (Wildman–Crippen MR) is 125 cm³/mol. The third-order valence-corrected chi connectivity index (χ3v) is 5.84. The average molecular weight is 510 g/mol. The second-order valence-corrected chi connectivity index (χ2v) is 8.23. The van der Waals surface area contributed by atoms with Crippen molar-refractivity contribution >= 4 is 39.1 Å². The molecule has 15 heteroatoms. The SMILES string of the molecule is O=C(Nc1nc(-n2ccc(OCCO)n2)nc2c1cnn2-c1cccc(F)c1)c1ccc([N+](=O)[O-])s1. The average Bonchev–Trinajstić information content (AvgIpc) is 3.62. The zero-order valence-electron chi connectivity index (χ0n) is 18.1. The minimum atomic E-state index is -0.620. The third kappa shape index (κ3) is 4.47. The maximum atomic E-state index is 13.9. The standard InChI is InChI=1S/C21H15FN8O5S/c22-12-2-1-3-13(10-12)29-19-14(11-23-29)18(24-20(32)15-4-5-17(36-15)30(33)34)25-21(26-19)28-7-6-16(27-28)35-9-8-31/h1-7,10-11,31H,8-9H2,(H,24,25,26,32). The number of halogens is 1. The first kappa shape index (κ1) is 23.0. The first-order chi connectivity index (χ1) is 17.4. The lowest BCUT2D eigenvalue weighted by atomic mass is 10.3. The van der Waals surface area contributed by atoms with Gasteiger partial charge in [-0.2, -0.15) is 15.1 Å². The van der Waals surface area contributed by atoms with Crippen LogP contribution in [0.5, 0.6) is 5.88 Å². The topological polar surface area (TPSA) is 163 Å². The second kappa shape index (κ2) is 9.47. The van der Waals surface area contributed by atoms with Crippen LogP contribution in [0.1, 0.15) is 9.67 Å². The summed E-state index contributed by atoms with van der Waals surface area (Å²) < 4.78 is 21.8. The van der Waals surface area contributed by atoms with Crippen molar-refractivity contribution in [3.8, 4) is 17.5 Å². The van der Waals surface area contributed by atoms with Crippen LogP contribution in [0.15, 0.2) is 54.9 Å². The fourth-order valence-corrected chi connectivity index (χ4v) is 3.97. The van der Waals surface area contributed by atoms with Gasteiger partial charge in [-0.1, -0.05) is 17.4 Å². The Morgan fingerprint density at radius 3 is 2.86 bits per heavy atom. The number of nitrogens with one attached hydrogen (secondary N) is 1.